The van der Waals surface area contributed by atoms with Crippen LogP contribution in [0.2, 0.25) is 5.02 Å². The maximum atomic E-state index is 6.11. The van der Waals surface area contributed by atoms with E-state index in [0.29, 0.717) is 17.4 Å². The molecule has 0 aliphatic rings. The van der Waals surface area contributed by atoms with Crippen LogP contribution >= 0.6 is 23.4 Å². The first kappa shape index (κ1) is 17.5. The first-order chi connectivity index (χ1) is 9.58. The molecule has 1 aromatic carbocycles. The number of hydrogen-bond acceptors (Lipinski definition) is 4. The molecule has 0 saturated carbocycles. The molecule has 0 aromatic heterocycles. The third-order valence-corrected chi connectivity index (χ3v) is 3.95. The third kappa shape index (κ3) is 5.81. The molecule has 5 heteroatoms. The fourth-order valence-corrected chi connectivity index (χ4v) is 2.76. The van der Waals surface area contributed by atoms with Crippen molar-refractivity contribution in [3.8, 4) is 11.5 Å². The van der Waals surface area contributed by atoms with Crippen LogP contribution in [0.15, 0.2) is 12.1 Å². The molecule has 1 atom stereocenters. The Kier molecular flexibility index (Phi) is 8.19. The van der Waals surface area contributed by atoms with E-state index in [4.69, 9.17) is 26.8 Å². The van der Waals surface area contributed by atoms with Gasteiger partial charge in [-0.05, 0) is 37.3 Å². The Bertz CT molecular complexity index is 413. The van der Waals surface area contributed by atoms with Gasteiger partial charge in [0.1, 0.15) is 0 Å². The summed E-state index contributed by atoms with van der Waals surface area (Å²) in [5, 5.41) is 0.645. The van der Waals surface area contributed by atoms with Crippen LogP contribution in [0.3, 0.4) is 0 Å². The highest BCUT2D eigenvalue weighted by molar-refractivity contribution is 7.99. The van der Waals surface area contributed by atoms with Gasteiger partial charge in [0, 0.05) is 22.7 Å². The van der Waals surface area contributed by atoms with E-state index < -0.39 is 0 Å². The highest BCUT2D eigenvalue weighted by Crippen LogP contribution is 2.35. The summed E-state index contributed by atoms with van der Waals surface area (Å²) in [4.78, 5) is 0. The highest BCUT2D eigenvalue weighted by atomic mass is 35.5. The molecule has 0 bridgehead atoms. The summed E-state index contributed by atoms with van der Waals surface area (Å²) in [7, 11) is 1.63. The summed E-state index contributed by atoms with van der Waals surface area (Å²) >= 11 is 8.03. The number of nitrogens with two attached hydrogens (primary N) is 1. The molecule has 0 amide bonds. The van der Waals surface area contributed by atoms with Crippen LogP contribution < -0.4 is 15.2 Å². The van der Waals surface area contributed by atoms with Crippen molar-refractivity contribution >= 4 is 23.4 Å². The Morgan fingerprint density at radius 1 is 1.40 bits per heavy atom. The summed E-state index contributed by atoms with van der Waals surface area (Å²) in [6.45, 7) is 4.81. The van der Waals surface area contributed by atoms with Crippen molar-refractivity contribution in [1.82, 2.24) is 0 Å². The average Bonchev–Trinajstić information content (AvgIpc) is 2.39. The Morgan fingerprint density at radius 2 is 2.15 bits per heavy atom. The van der Waals surface area contributed by atoms with Crippen LogP contribution in [0.25, 0.3) is 0 Å². The van der Waals surface area contributed by atoms with Gasteiger partial charge in [-0.15, -0.1) is 0 Å². The summed E-state index contributed by atoms with van der Waals surface area (Å²) < 4.78 is 11.3. The summed E-state index contributed by atoms with van der Waals surface area (Å²) in [6, 6.07) is 3.74. The lowest BCUT2D eigenvalue weighted by molar-refractivity contribution is 0.291. The van der Waals surface area contributed by atoms with Gasteiger partial charge in [0.25, 0.3) is 0 Å². The number of rotatable bonds is 9. The molecule has 114 valence electrons. The van der Waals surface area contributed by atoms with E-state index in [1.807, 2.05) is 24.8 Å². The lowest BCUT2D eigenvalue weighted by atomic mass is 10.1. The van der Waals surface area contributed by atoms with Gasteiger partial charge in [-0.3, -0.25) is 0 Å². The zero-order chi connectivity index (χ0) is 15.0. The lowest BCUT2D eigenvalue weighted by Crippen LogP contribution is -2.18. The van der Waals surface area contributed by atoms with Crippen LogP contribution in [0.5, 0.6) is 11.5 Å². The fourth-order valence-electron chi connectivity index (χ4n) is 1.92. The summed E-state index contributed by atoms with van der Waals surface area (Å²) in [5.41, 5.74) is 6.89. The number of thioether (sulfide) groups is 1. The van der Waals surface area contributed by atoms with Gasteiger partial charge in [-0.1, -0.05) is 18.5 Å². The van der Waals surface area contributed by atoms with E-state index in [1.54, 1.807) is 13.2 Å². The number of methoxy groups -OCH3 is 1. The molecule has 0 saturated heterocycles. The van der Waals surface area contributed by atoms with Crippen LogP contribution in [-0.4, -0.2) is 31.3 Å². The molecule has 0 radical (unpaired) electrons. The predicted octanol–water partition coefficient (Wildman–Crippen LogP) is 3.76. The molecule has 0 aliphatic heterocycles. The van der Waals surface area contributed by atoms with E-state index in [9.17, 15) is 0 Å². The van der Waals surface area contributed by atoms with Gasteiger partial charge in [0.05, 0.1) is 13.7 Å². The van der Waals surface area contributed by atoms with Gasteiger partial charge in [0.15, 0.2) is 11.5 Å². The minimum Gasteiger partial charge on any atom is -0.493 e. The monoisotopic (exact) mass is 317 g/mol. The zero-order valence-corrected chi connectivity index (χ0v) is 14.0. The molecular formula is C15H24ClNO2S. The molecule has 1 aromatic rings. The van der Waals surface area contributed by atoms with Crippen molar-refractivity contribution in [2.75, 3.05) is 25.2 Å². The molecule has 0 spiro atoms. The van der Waals surface area contributed by atoms with Crippen molar-refractivity contribution in [3.05, 3.63) is 22.7 Å². The standard InChI is InChI=1S/C15H24ClNO2S/c1-4-20-7-5-6-19-15-12(8-11(2)17)9-13(16)10-14(15)18-3/h9-11H,4-8,17H2,1-3H3. The maximum Gasteiger partial charge on any atom is 0.164 e. The van der Waals surface area contributed by atoms with Gasteiger partial charge < -0.3 is 15.2 Å². The normalized spacial score (nSPS) is 12.2. The molecule has 1 unspecified atom stereocenters. The van der Waals surface area contributed by atoms with Crippen molar-refractivity contribution in [1.29, 1.82) is 0 Å². The summed E-state index contributed by atoms with van der Waals surface area (Å²) in [6.07, 6.45) is 1.73. The van der Waals surface area contributed by atoms with Crippen LogP contribution in [-0.2, 0) is 6.42 Å². The first-order valence-corrected chi connectivity index (χ1v) is 8.44. The summed E-state index contributed by atoms with van der Waals surface area (Å²) in [5.74, 6) is 3.70. The second-order valence-electron chi connectivity index (χ2n) is 4.68. The van der Waals surface area contributed by atoms with E-state index in [0.717, 1.165) is 35.7 Å². The Labute approximate surface area is 131 Å². The topological polar surface area (TPSA) is 44.5 Å². The molecule has 0 fully saturated rings. The van der Waals surface area contributed by atoms with Crippen molar-refractivity contribution < 1.29 is 9.47 Å². The molecule has 1 rings (SSSR count). The van der Waals surface area contributed by atoms with Gasteiger partial charge in [-0.2, -0.15) is 11.8 Å². The largest absolute Gasteiger partial charge is 0.493 e. The second kappa shape index (κ2) is 9.37. The molecule has 20 heavy (non-hydrogen) atoms. The van der Waals surface area contributed by atoms with Crippen LogP contribution in [0.4, 0.5) is 0 Å². The third-order valence-electron chi connectivity index (χ3n) is 2.74. The number of halogens is 1. The van der Waals surface area contributed by atoms with Gasteiger partial charge in [-0.25, -0.2) is 0 Å². The molecule has 2 N–H and O–H groups in total. The van der Waals surface area contributed by atoms with Crippen molar-refractivity contribution in [3.63, 3.8) is 0 Å². The molecular weight excluding hydrogens is 294 g/mol. The second-order valence-corrected chi connectivity index (χ2v) is 6.51. The minimum atomic E-state index is 0.0520. The van der Waals surface area contributed by atoms with E-state index >= 15 is 0 Å². The predicted molar refractivity (Wildman–Crippen MR) is 88.5 cm³/mol. The molecule has 3 nitrogen and oxygen atoms in total. The highest BCUT2D eigenvalue weighted by Gasteiger charge is 2.14. The first-order valence-electron chi connectivity index (χ1n) is 6.91. The zero-order valence-electron chi connectivity index (χ0n) is 12.4. The molecule has 0 heterocycles. The van der Waals surface area contributed by atoms with Gasteiger partial charge in [0.2, 0.25) is 0 Å². The van der Waals surface area contributed by atoms with E-state index in [1.165, 1.54) is 0 Å². The van der Waals surface area contributed by atoms with E-state index in [-0.39, 0.29) is 6.04 Å². The van der Waals surface area contributed by atoms with Crippen LogP contribution in [0.1, 0.15) is 25.8 Å². The van der Waals surface area contributed by atoms with Crippen molar-refractivity contribution in [2.24, 2.45) is 5.73 Å². The number of hydrogen-bond donors (Lipinski definition) is 1. The maximum absolute atomic E-state index is 6.11. The number of benzene rings is 1. The quantitative estimate of drug-likeness (QED) is 0.704. The Balaban J connectivity index is 2.78. The minimum absolute atomic E-state index is 0.0520. The van der Waals surface area contributed by atoms with Crippen LogP contribution in [0, 0.1) is 0 Å². The average molecular weight is 318 g/mol. The van der Waals surface area contributed by atoms with Crippen molar-refractivity contribution in [2.45, 2.75) is 32.7 Å². The molecule has 0 aliphatic carbocycles. The fraction of sp³-hybridized carbons (Fsp3) is 0.600. The SMILES string of the molecule is CCSCCCOc1c(CC(C)N)cc(Cl)cc1OC. The Hall–Kier alpha value is -0.580. The smallest absolute Gasteiger partial charge is 0.164 e. The van der Waals surface area contributed by atoms with Gasteiger partial charge >= 0.3 is 0 Å². The van der Waals surface area contributed by atoms with E-state index in [2.05, 4.69) is 6.92 Å². The lowest BCUT2D eigenvalue weighted by Gasteiger charge is -2.17. The Morgan fingerprint density at radius 3 is 2.75 bits per heavy atom. The number of ether oxygens (including phenoxy) is 2.